The summed E-state index contributed by atoms with van der Waals surface area (Å²) in [4.78, 5) is 24.1. The van der Waals surface area contributed by atoms with Gasteiger partial charge in [-0.1, -0.05) is 0 Å². The third kappa shape index (κ3) is 1.39. The molecule has 2 rings (SSSR count). The van der Waals surface area contributed by atoms with Gasteiger partial charge in [-0.05, 0) is 13.8 Å². The van der Waals surface area contributed by atoms with Gasteiger partial charge in [0.15, 0.2) is 0 Å². The minimum atomic E-state index is -0.706. The van der Waals surface area contributed by atoms with E-state index in [9.17, 15) is 14.7 Å². The third-order valence-corrected chi connectivity index (χ3v) is 2.70. The van der Waals surface area contributed by atoms with Crippen LogP contribution in [-0.2, 0) is 0 Å². The molecule has 2 saturated heterocycles. The molecule has 7 nitrogen and oxygen atoms in total. The predicted octanol–water partition coefficient (Wildman–Crippen LogP) is -1.25. The maximum atomic E-state index is 11.6. The molecule has 0 aliphatic carbocycles. The Balaban J connectivity index is 2.24. The van der Waals surface area contributed by atoms with Crippen LogP contribution in [0.25, 0.3) is 0 Å². The standard InChI is InChI=1S/C8H14N4O3/c1-8(2,3-13)12-5-4(10-7(12)15)9-6(14)11-5/h4-5,13H,3H2,1-2H3,(H,10,15)(H2,9,11,14)/t4-,5-/m1/s1. The van der Waals surface area contributed by atoms with Crippen LogP contribution in [0.2, 0.25) is 0 Å². The molecule has 2 fully saturated rings. The molecular formula is C8H14N4O3. The summed E-state index contributed by atoms with van der Waals surface area (Å²) < 4.78 is 0. The zero-order chi connectivity index (χ0) is 11.2. The molecule has 2 aliphatic rings. The smallest absolute Gasteiger partial charge is 0.321 e. The zero-order valence-corrected chi connectivity index (χ0v) is 8.57. The van der Waals surface area contributed by atoms with Gasteiger partial charge in [0.05, 0.1) is 12.1 Å². The average molecular weight is 214 g/mol. The van der Waals surface area contributed by atoms with Gasteiger partial charge >= 0.3 is 12.1 Å². The van der Waals surface area contributed by atoms with Gasteiger partial charge in [0.2, 0.25) is 0 Å². The Bertz CT molecular complexity index is 317. The summed E-state index contributed by atoms with van der Waals surface area (Å²) in [5.41, 5.74) is -0.706. The summed E-state index contributed by atoms with van der Waals surface area (Å²) >= 11 is 0. The number of amides is 4. The van der Waals surface area contributed by atoms with Gasteiger partial charge in [0.1, 0.15) is 12.3 Å². The lowest BCUT2D eigenvalue weighted by molar-refractivity contribution is 0.0653. The minimum Gasteiger partial charge on any atom is -0.394 e. The summed E-state index contributed by atoms with van der Waals surface area (Å²) in [6, 6.07) is -0.611. The van der Waals surface area contributed by atoms with Crippen LogP contribution in [0.5, 0.6) is 0 Å². The number of rotatable bonds is 2. The van der Waals surface area contributed by atoms with Crippen molar-refractivity contribution in [2.75, 3.05) is 6.61 Å². The summed E-state index contributed by atoms with van der Waals surface area (Å²) in [6.45, 7) is 3.30. The SMILES string of the molecule is CC(C)(CO)N1C(=O)N[C@H]2NC(=O)N[C@@H]21. The van der Waals surface area contributed by atoms with Gasteiger partial charge in [0.25, 0.3) is 0 Å². The van der Waals surface area contributed by atoms with E-state index in [4.69, 9.17) is 0 Å². The van der Waals surface area contributed by atoms with Gasteiger partial charge in [-0.2, -0.15) is 0 Å². The summed E-state index contributed by atoms with van der Waals surface area (Å²) in [6.07, 6.45) is -0.858. The number of hydrogen-bond donors (Lipinski definition) is 4. The first kappa shape index (κ1) is 10.0. The molecule has 15 heavy (non-hydrogen) atoms. The number of hydrogen-bond acceptors (Lipinski definition) is 3. The number of aliphatic hydroxyl groups is 1. The highest BCUT2D eigenvalue weighted by molar-refractivity contribution is 5.85. The van der Waals surface area contributed by atoms with Crippen LogP contribution in [0.1, 0.15) is 13.8 Å². The molecule has 0 aromatic heterocycles. The fraction of sp³-hybridized carbons (Fsp3) is 0.750. The molecule has 0 saturated carbocycles. The van der Waals surface area contributed by atoms with E-state index in [1.807, 2.05) is 0 Å². The zero-order valence-electron chi connectivity index (χ0n) is 8.57. The van der Waals surface area contributed by atoms with Crippen LogP contribution in [-0.4, -0.2) is 46.5 Å². The van der Waals surface area contributed by atoms with Crippen molar-refractivity contribution in [3.63, 3.8) is 0 Å². The number of nitrogens with zero attached hydrogens (tertiary/aromatic N) is 1. The van der Waals surface area contributed by atoms with Crippen molar-refractivity contribution in [1.82, 2.24) is 20.9 Å². The number of fused-ring (bicyclic) bond motifs is 1. The highest BCUT2D eigenvalue weighted by Crippen LogP contribution is 2.23. The Labute approximate surface area is 86.8 Å². The number of carbonyl (C=O) groups is 2. The number of urea groups is 2. The van der Waals surface area contributed by atoms with Crippen LogP contribution >= 0.6 is 0 Å². The van der Waals surface area contributed by atoms with Crippen molar-refractivity contribution >= 4 is 12.1 Å². The maximum Gasteiger partial charge on any atom is 0.321 e. The molecule has 0 radical (unpaired) electrons. The molecule has 2 atom stereocenters. The number of aliphatic hydroxyl groups excluding tert-OH is 1. The lowest BCUT2D eigenvalue weighted by Crippen LogP contribution is -2.56. The quantitative estimate of drug-likeness (QED) is 0.462. The number of nitrogens with one attached hydrogen (secondary N) is 3. The van der Waals surface area contributed by atoms with E-state index in [1.54, 1.807) is 13.8 Å². The first-order valence-corrected chi connectivity index (χ1v) is 4.73. The van der Waals surface area contributed by atoms with E-state index in [2.05, 4.69) is 16.0 Å². The Kier molecular flexibility index (Phi) is 2.00. The Morgan fingerprint density at radius 3 is 2.60 bits per heavy atom. The lowest BCUT2D eigenvalue weighted by Gasteiger charge is -2.36. The molecule has 0 aromatic carbocycles. The normalized spacial score (nSPS) is 29.7. The van der Waals surface area contributed by atoms with Crippen LogP contribution in [0, 0.1) is 0 Å². The second-order valence-electron chi connectivity index (χ2n) is 4.33. The molecule has 0 bridgehead atoms. The monoisotopic (exact) mass is 214 g/mol. The van der Waals surface area contributed by atoms with Gasteiger partial charge in [0, 0.05) is 0 Å². The Hall–Kier alpha value is -1.50. The van der Waals surface area contributed by atoms with Gasteiger partial charge in [-0.25, -0.2) is 9.59 Å². The van der Waals surface area contributed by atoms with E-state index in [1.165, 1.54) is 4.90 Å². The van der Waals surface area contributed by atoms with Crippen LogP contribution < -0.4 is 16.0 Å². The fourth-order valence-electron chi connectivity index (χ4n) is 1.86. The maximum absolute atomic E-state index is 11.6. The molecule has 0 spiro atoms. The highest BCUT2D eigenvalue weighted by atomic mass is 16.3. The molecule has 4 amide bonds. The molecule has 2 aliphatic heterocycles. The second-order valence-corrected chi connectivity index (χ2v) is 4.33. The fourth-order valence-corrected chi connectivity index (χ4v) is 1.86. The molecule has 0 aromatic rings. The van der Waals surface area contributed by atoms with Crippen molar-refractivity contribution < 1.29 is 14.7 Å². The van der Waals surface area contributed by atoms with Crippen LogP contribution in [0.4, 0.5) is 9.59 Å². The van der Waals surface area contributed by atoms with Crippen LogP contribution in [0.15, 0.2) is 0 Å². The van der Waals surface area contributed by atoms with Gasteiger partial charge < -0.3 is 21.1 Å². The number of carbonyl (C=O) groups excluding carboxylic acids is 2. The first-order chi connectivity index (χ1) is 6.95. The Morgan fingerprint density at radius 1 is 1.33 bits per heavy atom. The minimum absolute atomic E-state index is 0.167. The molecule has 0 unspecified atom stereocenters. The van der Waals surface area contributed by atoms with E-state index in [0.29, 0.717) is 0 Å². The topological polar surface area (TPSA) is 93.7 Å². The van der Waals surface area contributed by atoms with Gasteiger partial charge in [-0.15, -0.1) is 0 Å². The predicted molar refractivity (Wildman–Crippen MR) is 50.8 cm³/mol. The molecule has 7 heteroatoms. The molecule has 4 N–H and O–H groups in total. The van der Waals surface area contributed by atoms with E-state index in [-0.39, 0.29) is 18.7 Å². The lowest BCUT2D eigenvalue weighted by atomic mass is 10.0. The summed E-state index contributed by atoms with van der Waals surface area (Å²) in [7, 11) is 0. The van der Waals surface area contributed by atoms with Gasteiger partial charge in [-0.3, -0.25) is 4.90 Å². The van der Waals surface area contributed by atoms with Crippen LogP contribution in [0.3, 0.4) is 0 Å². The highest BCUT2D eigenvalue weighted by Gasteiger charge is 2.50. The second kappa shape index (κ2) is 2.99. The van der Waals surface area contributed by atoms with Crippen molar-refractivity contribution in [3.8, 4) is 0 Å². The van der Waals surface area contributed by atoms with E-state index in [0.717, 1.165) is 0 Å². The summed E-state index contributed by atoms with van der Waals surface area (Å²) in [5, 5.41) is 17.0. The summed E-state index contributed by atoms with van der Waals surface area (Å²) in [5.74, 6) is 0. The average Bonchev–Trinajstić information content (AvgIpc) is 2.59. The van der Waals surface area contributed by atoms with E-state index >= 15 is 0 Å². The van der Waals surface area contributed by atoms with Crippen molar-refractivity contribution in [3.05, 3.63) is 0 Å². The van der Waals surface area contributed by atoms with E-state index < -0.39 is 17.9 Å². The molecule has 2 heterocycles. The van der Waals surface area contributed by atoms with Crippen molar-refractivity contribution in [1.29, 1.82) is 0 Å². The Morgan fingerprint density at radius 2 is 2.00 bits per heavy atom. The first-order valence-electron chi connectivity index (χ1n) is 4.73. The largest absolute Gasteiger partial charge is 0.394 e. The third-order valence-electron chi connectivity index (χ3n) is 2.70. The van der Waals surface area contributed by atoms with Crippen molar-refractivity contribution in [2.45, 2.75) is 31.7 Å². The molecular weight excluding hydrogens is 200 g/mol. The van der Waals surface area contributed by atoms with Crippen molar-refractivity contribution in [2.24, 2.45) is 0 Å². The molecule has 84 valence electrons.